The molecular formula is C29H29FN10O2. The van der Waals surface area contributed by atoms with Gasteiger partial charge in [0.15, 0.2) is 11.6 Å². The van der Waals surface area contributed by atoms with Gasteiger partial charge < -0.3 is 25.2 Å². The summed E-state index contributed by atoms with van der Waals surface area (Å²) in [6, 6.07) is 8.50. The molecule has 0 bridgehead atoms. The lowest BCUT2D eigenvalue weighted by atomic mass is 10.1. The van der Waals surface area contributed by atoms with E-state index in [0.29, 0.717) is 63.1 Å². The first-order valence-electron chi connectivity index (χ1n) is 13.4. The minimum Gasteiger partial charge on any atom is -0.457 e. The average molecular weight is 569 g/mol. The number of nitrogens with zero attached hydrogens (tertiary/aromatic N) is 7. The van der Waals surface area contributed by atoms with Gasteiger partial charge in [-0.25, -0.2) is 29.9 Å². The molecule has 1 amide bonds. The molecule has 2 unspecified atom stereocenters. The monoisotopic (exact) mass is 568 g/mol. The minimum atomic E-state index is -0.505. The van der Waals surface area contributed by atoms with Crippen molar-refractivity contribution in [3.05, 3.63) is 66.9 Å². The molecule has 2 aliphatic rings. The summed E-state index contributed by atoms with van der Waals surface area (Å²) in [4.78, 5) is 33.7. The highest BCUT2D eigenvalue weighted by molar-refractivity contribution is 5.88. The third-order valence-electron chi connectivity index (χ3n) is 7.94. The smallest absolute Gasteiger partial charge is 0.245 e. The van der Waals surface area contributed by atoms with E-state index in [1.807, 2.05) is 7.05 Å². The number of aromatic nitrogens is 4. The second kappa shape index (κ2) is 10.7. The number of likely N-dealkylation sites (N-methyl/N-ethyl adjacent to an activating group) is 1. The van der Waals surface area contributed by atoms with Crippen LogP contribution < -0.4 is 20.3 Å². The Kier molecular flexibility index (Phi) is 6.85. The molecule has 3 heterocycles. The fraction of sp³-hybridized carbons (Fsp3) is 0.276. The Balaban J connectivity index is 1.21. The third-order valence-corrected chi connectivity index (χ3v) is 7.94. The largest absolute Gasteiger partial charge is 0.457 e. The Morgan fingerprint density at radius 1 is 1.21 bits per heavy atom. The lowest BCUT2D eigenvalue weighted by Gasteiger charge is -2.24. The molecule has 1 saturated carbocycles. The van der Waals surface area contributed by atoms with E-state index in [-0.39, 0.29) is 17.6 Å². The lowest BCUT2D eigenvalue weighted by Crippen LogP contribution is -2.36. The normalized spacial score (nSPS) is 18.8. The van der Waals surface area contributed by atoms with Gasteiger partial charge in [0.1, 0.15) is 34.5 Å². The van der Waals surface area contributed by atoms with Crippen molar-refractivity contribution in [2.45, 2.75) is 13.0 Å². The van der Waals surface area contributed by atoms with Gasteiger partial charge in [-0.05, 0) is 37.3 Å². The van der Waals surface area contributed by atoms with Crippen LogP contribution in [0.3, 0.4) is 0 Å². The van der Waals surface area contributed by atoms with E-state index in [9.17, 15) is 4.79 Å². The Hall–Kier alpha value is -5.20. The van der Waals surface area contributed by atoms with Gasteiger partial charge in [0, 0.05) is 56.7 Å². The Morgan fingerprint density at radius 2 is 1.98 bits per heavy atom. The molecule has 2 aromatic heterocycles. The van der Waals surface area contributed by atoms with Gasteiger partial charge in [0.05, 0.1) is 17.6 Å². The van der Waals surface area contributed by atoms with Crippen molar-refractivity contribution in [1.82, 2.24) is 24.8 Å². The fourth-order valence-electron chi connectivity index (χ4n) is 5.62. The van der Waals surface area contributed by atoms with E-state index in [2.05, 4.69) is 42.2 Å². The van der Waals surface area contributed by atoms with Crippen molar-refractivity contribution in [2.75, 3.05) is 42.7 Å². The maximum Gasteiger partial charge on any atom is 0.245 e. The quantitative estimate of drug-likeness (QED) is 0.184. The number of hydrogen-bond acceptors (Lipinski definition) is 11. The van der Waals surface area contributed by atoms with Gasteiger partial charge in [0.2, 0.25) is 11.9 Å². The molecule has 1 saturated heterocycles. The summed E-state index contributed by atoms with van der Waals surface area (Å²) in [5.41, 5.74) is 9.94. The van der Waals surface area contributed by atoms with Crippen LogP contribution in [-0.4, -0.2) is 64.0 Å². The van der Waals surface area contributed by atoms with Crippen LogP contribution in [0.1, 0.15) is 5.56 Å². The summed E-state index contributed by atoms with van der Waals surface area (Å²) in [6.45, 7) is 6.67. The highest BCUT2D eigenvalue weighted by atomic mass is 19.1. The molecule has 1 aliphatic carbocycles. The highest BCUT2D eigenvalue weighted by Gasteiger charge is 2.58. The van der Waals surface area contributed by atoms with Gasteiger partial charge in [-0.2, -0.15) is 5.11 Å². The molecule has 214 valence electrons. The number of nitrogens with one attached hydrogen (secondary N) is 3. The van der Waals surface area contributed by atoms with E-state index >= 15 is 4.39 Å². The lowest BCUT2D eigenvalue weighted by molar-refractivity contribution is -0.125. The number of amides is 1. The van der Waals surface area contributed by atoms with E-state index in [4.69, 9.17) is 15.3 Å². The summed E-state index contributed by atoms with van der Waals surface area (Å²) in [7, 11) is 3.55. The average Bonchev–Trinajstić information content (AvgIpc) is 3.51. The number of rotatable bonds is 9. The third kappa shape index (κ3) is 4.72. The number of benzene rings is 2. The zero-order valence-corrected chi connectivity index (χ0v) is 23.3. The first-order valence-corrected chi connectivity index (χ1v) is 13.4. The summed E-state index contributed by atoms with van der Waals surface area (Å²) in [5.74, 6) is 1.77. The highest BCUT2D eigenvalue weighted by Crippen LogP contribution is 2.49. The van der Waals surface area contributed by atoms with Crippen LogP contribution >= 0.6 is 0 Å². The predicted octanol–water partition coefficient (Wildman–Crippen LogP) is 5.19. The molecule has 13 heteroatoms. The molecular weight excluding hydrogens is 539 g/mol. The van der Waals surface area contributed by atoms with Gasteiger partial charge in [-0.3, -0.25) is 4.79 Å². The first-order chi connectivity index (χ1) is 20.3. The van der Waals surface area contributed by atoms with Crippen LogP contribution in [0.15, 0.2) is 60.6 Å². The number of carbonyl (C=O) groups is 1. The van der Waals surface area contributed by atoms with Gasteiger partial charge in [0.25, 0.3) is 0 Å². The van der Waals surface area contributed by atoms with Gasteiger partial charge in [-0.15, -0.1) is 0 Å². The summed E-state index contributed by atoms with van der Waals surface area (Å²) < 4.78 is 21.5. The zero-order valence-electron chi connectivity index (χ0n) is 23.3. The maximum absolute atomic E-state index is 15.6. The zero-order chi connectivity index (χ0) is 29.5. The molecule has 2 aromatic carbocycles. The molecule has 0 radical (unpaired) electrons. The summed E-state index contributed by atoms with van der Waals surface area (Å²) >= 11 is 0. The summed E-state index contributed by atoms with van der Waals surface area (Å²) in [6.07, 6.45) is 4.35. The molecule has 0 spiro atoms. The van der Waals surface area contributed by atoms with E-state index in [1.54, 1.807) is 55.4 Å². The van der Waals surface area contributed by atoms with Crippen molar-refractivity contribution in [3.8, 4) is 11.5 Å². The molecule has 4 aromatic rings. The van der Waals surface area contributed by atoms with Gasteiger partial charge >= 0.3 is 0 Å². The topological polar surface area (TPSA) is 145 Å². The van der Waals surface area contributed by atoms with Crippen molar-refractivity contribution >= 4 is 45.8 Å². The number of anilines is 4. The Labute approximate surface area is 241 Å². The van der Waals surface area contributed by atoms with Crippen LogP contribution in [0, 0.1) is 30.1 Å². The standard InChI is InChI=1S/C29H29FN10O2/c1-5-24(41)39(4)27-17-12-40(13-18(17)27)29-33-11-22-26(37-29)28(35-14-34-22)36-20-8-9-23(15(2)25(20)30)42-16-6-7-19(32-3)21(10-16)38-31/h5-11,14,17-18,27,31-32H,1,12-13H2,2-4H3,(H,34,35,36). The molecule has 6 rings (SSSR count). The van der Waals surface area contributed by atoms with Crippen LogP contribution in [0.5, 0.6) is 11.5 Å². The van der Waals surface area contributed by atoms with Crippen molar-refractivity contribution in [2.24, 2.45) is 17.0 Å². The Morgan fingerprint density at radius 3 is 2.69 bits per heavy atom. The molecule has 12 nitrogen and oxygen atoms in total. The molecule has 1 aliphatic heterocycles. The number of halogens is 1. The van der Waals surface area contributed by atoms with Gasteiger partial charge in [-0.1, -0.05) is 6.58 Å². The van der Waals surface area contributed by atoms with Crippen LogP contribution in [0.25, 0.3) is 11.0 Å². The number of hydrogen-bond donors (Lipinski definition) is 3. The van der Waals surface area contributed by atoms with Crippen molar-refractivity contribution in [1.29, 1.82) is 5.53 Å². The van der Waals surface area contributed by atoms with Crippen LogP contribution in [0.2, 0.25) is 0 Å². The van der Waals surface area contributed by atoms with E-state index in [1.165, 1.54) is 12.4 Å². The number of fused-ring (bicyclic) bond motifs is 2. The second-order valence-electron chi connectivity index (χ2n) is 10.3. The van der Waals surface area contributed by atoms with Crippen molar-refractivity contribution in [3.63, 3.8) is 0 Å². The fourth-order valence-corrected chi connectivity index (χ4v) is 5.62. The minimum absolute atomic E-state index is 0.0738. The van der Waals surface area contributed by atoms with Crippen molar-refractivity contribution < 1.29 is 13.9 Å². The molecule has 2 fully saturated rings. The number of ether oxygens (including phenoxy) is 1. The molecule has 2 atom stereocenters. The van der Waals surface area contributed by atoms with E-state index in [0.717, 1.165) is 13.1 Å². The number of carbonyl (C=O) groups excluding carboxylic acids is 1. The number of piperidine rings is 1. The van der Waals surface area contributed by atoms with Crippen LogP contribution in [-0.2, 0) is 4.79 Å². The Bertz CT molecular complexity index is 1720. The molecule has 42 heavy (non-hydrogen) atoms. The predicted molar refractivity (Wildman–Crippen MR) is 156 cm³/mol. The summed E-state index contributed by atoms with van der Waals surface area (Å²) in [5, 5.41) is 9.53. The SMILES string of the molecule is C=CC(=O)N(C)C1C2CN(c3ncc4ncnc(Nc5ccc(Oc6ccc(NC)c(N=N)c6)c(C)c5F)c4n3)CC21. The second-order valence-corrected chi connectivity index (χ2v) is 10.3. The molecule has 3 N–H and O–H groups in total. The van der Waals surface area contributed by atoms with Crippen LogP contribution in [0.4, 0.5) is 33.2 Å². The first kappa shape index (κ1) is 27.0. The maximum atomic E-state index is 15.6. The van der Waals surface area contributed by atoms with E-state index < -0.39 is 5.82 Å².